The number of aromatic nitrogens is 1. The van der Waals surface area contributed by atoms with E-state index in [-0.39, 0.29) is 24.8 Å². The van der Waals surface area contributed by atoms with Crippen LogP contribution in [0.3, 0.4) is 0 Å². The predicted molar refractivity (Wildman–Crippen MR) is 104 cm³/mol. The van der Waals surface area contributed by atoms with Gasteiger partial charge in [0.25, 0.3) is 5.91 Å². The zero-order valence-corrected chi connectivity index (χ0v) is 16.2. The first-order valence-electron chi connectivity index (χ1n) is 9.41. The number of nitrogens with zero attached hydrogens (tertiary/aromatic N) is 3. The van der Waals surface area contributed by atoms with E-state index < -0.39 is 11.6 Å². The zero-order chi connectivity index (χ0) is 20.2. The van der Waals surface area contributed by atoms with Gasteiger partial charge in [-0.05, 0) is 29.8 Å². The van der Waals surface area contributed by atoms with Crippen LogP contribution in [0.15, 0.2) is 54.9 Å². The molecule has 7 nitrogen and oxygen atoms in total. The van der Waals surface area contributed by atoms with E-state index in [1.165, 1.54) is 12.5 Å². The molecule has 3 aliphatic rings. The third-order valence-corrected chi connectivity index (χ3v) is 6.22. The molecule has 1 saturated heterocycles. The average Bonchev–Trinajstić information content (AvgIpc) is 3.38. The maximum absolute atomic E-state index is 13.4. The second-order valence-corrected chi connectivity index (χ2v) is 7.85. The van der Waals surface area contributed by atoms with E-state index in [0.29, 0.717) is 29.4 Å². The highest BCUT2D eigenvalue weighted by molar-refractivity contribution is 6.30. The molecule has 0 radical (unpaired) electrons. The summed E-state index contributed by atoms with van der Waals surface area (Å²) in [4.78, 5) is 30.2. The Bertz CT molecular complexity index is 1040. The van der Waals surface area contributed by atoms with Crippen molar-refractivity contribution in [1.82, 2.24) is 9.80 Å². The van der Waals surface area contributed by atoms with Gasteiger partial charge in [-0.2, -0.15) is 4.73 Å². The van der Waals surface area contributed by atoms with Gasteiger partial charge < -0.3 is 19.7 Å². The smallest absolute Gasteiger partial charge is 0.262 e. The normalized spacial score (nSPS) is 25.0. The molecule has 0 N–H and O–H groups in total. The first kappa shape index (κ1) is 18.0. The summed E-state index contributed by atoms with van der Waals surface area (Å²) in [5.41, 5.74) is 0.418. The predicted octanol–water partition coefficient (Wildman–Crippen LogP) is 1.83. The number of fused-ring (bicyclic) bond motifs is 2. The molecule has 2 atom stereocenters. The Morgan fingerprint density at radius 2 is 2.03 bits per heavy atom. The maximum Gasteiger partial charge on any atom is 0.262 e. The molecule has 8 heteroatoms. The summed E-state index contributed by atoms with van der Waals surface area (Å²) in [7, 11) is 0. The van der Waals surface area contributed by atoms with Crippen molar-refractivity contribution in [1.29, 1.82) is 0 Å². The molecule has 4 heterocycles. The van der Waals surface area contributed by atoms with Crippen LogP contribution in [0.1, 0.15) is 21.6 Å². The van der Waals surface area contributed by atoms with Gasteiger partial charge >= 0.3 is 0 Å². The Kier molecular flexibility index (Phi) is 4.03. The van der Waals surface area contributed by atoms with Crippen LogP contribution in [0.2, 0.25) is 5.02 Å². The van der Waals surface area contributed by atoms with Gasteiger partial charge in [0.05, 0.1) is 18.6 Å². The molecule has 2 unspecified atom stereocenters. The topological polar surface area (TPSA) is 76.8 Å². The average molecular weight is 412 g/mol. The summed E-state index contributed by atoms with van der Waals surface area (Å²) in [5, 5.41) is 13.1. The molecule has 29 heavy (non-hydrogen) atoms. The van der Waals surface area contributed by atoms with E-state index in [1.807, 2.05) is 12.1 Å². The first-order chi connectivity index (χ1) is 14.0. The molecule has 3 aliphatic heterocycles. The van der Waals surface area contributed by atoms with Crippen LogP contribution < -0.4 is 4.73 Å². The maximum atomic E-state index is 13.4. The molecule has 148 valence electrons. The number of hydrogen-bond donors (Lipinski definition) is 0. The summed E-state index contributed by atoms with van der Waals surface area (Å²) < 4.78 is 5.97. The minimum Gasteiger partial charge on any atom is -0.618 e. The summed E-state index contributed by atoms with van der Waals surface area (Å²) in [6.45, 7) is 1.04. The summed E-state index contributed by atoms with van der Waals surface area (Å²) in [6.07, 6.45) is 4.85. The molecule has 1 aromatic carbocycles. The minimum atomic E-state index is -1.07. The number of hydrogen-bond acceptors (Lipinski definition) is 4. The van der Waals surface area contributed by atoms with Crippen LogP contribution in [-0.2, 0) is 21.6 Å². The minimum absolute atomic E-state index is 0.124. The molecule has 0 saturated carbocycles. The summed E-state index contributed by atoms with van der Waals surface area (Å²) >= 11 is 6.09. The van der Waals surface area contributed by atoms with Crippen LogP contribution in [-0.4, -0.2) is 41.3 Å². The Balaban J connectivity index is 1.70. The lowest BCUT2D eigenvalue weighted by Gasteiger charge is -2.46. The van der Waals surface area contributed by atoms with Crippen LogP contribution >= 0.6 is 11.6 Å². The number of halogens is 1. The van der Waals surface area contributed by atoms with E-state index in [9.17, 15) is 14.8 Å². The molecular weight excluding hydrogens is 394 g/mol. The Labute approximate surface area is 172 Å². The van der Waals surface area contributed by atoms with Crippen LogP contribution in [0.25, 0.3) is 0 Å². The van der Waals surface area contributed by atoms with Gasteiger partial charge in [-0.3, -0.25) is 9.59 Å². The van der Waals surface area contributed by atoms with Gasteiger partial charge in [0.15, 0.2) is 11.9 Å². The van der Waals surface area contributed by atoms with Crippen molar-refractivity contribution in [3.8, 4) is 0 Å². The van der Waals surface area contributed by atoms with Gasteiger partial charge in [0, 0.05) is 24.2 Å². The molecule has 5 rings (SSSR count). The van der Waals surface area contributed by atoms with Gasteiger partial charge in [-0.1, -0.05) is 23.7 Å². The Hall–Kier alpha value is -3.06. The number of pyridine rings is 1. The van der Waals surface area contributed by atoms with E-state index >= 15 is 0 Å². The Morgan fingerprint density at radius 1 is 1.24 bits per heavy atom. The van der Waals surface area contributed by atoms with Crippen LogP contribution in [0.4, 0.5) is 0 Å². The van der Waals surface area contributed by atoms with Gasteiger partial charge in [0.2, 0.25) is 11.6 Å². The Morgan fingerprint density at radius 3 is 2.76 bits per heavy atom. The quantitative estimate of drug-likeness (QED) is 0.558. The van der Waals surface area contributed by atoms with Crippen molar-refractivity contribution in [3.05, 3.63) is 82.0 Å². The van der Waals surface area contributed by atoms with E-state index in [4.69, 9.17) is 16.3 Å². The van der Waals surface area contributed by atoms with Crippen molar-refractivity contribution in [2.24, 2.45) is 5.92 Å². The molecule has 2 aromatic rings. The fraction of sp³-hybridized carbons (Fsp3) is 0.286. The van der Waals surface area contributed by atoms with Gasteiger partial charge in [0.1, 0.15) is 12.2 Å². The van der Waals surface area contributed by atoms with Crippen molar-refractivity contribution >= 4 is 23.4 Å². The SMILES string of the molecule is O=C1c2ccc[n+]([O-])c2CC2(c3ccc(Cl)cc3)N1CCN2C(=O)C1C=COC1. The molecular formula is C21H18ClN3O4. The molecule has 0 bridgehead atoms. The molecule has 0 spiro atoms. The number of carbonyl (C=O) groups is 2. The standard InChI is InChI=1S/C21H18ClN3O4/c22-16-5-3-15(4-6-16)21-12-18-17(2-1-8-25(18)28)20(27)24(21)10-9-23(21)19(26)14-7-11-29-13-14/h1-8,11,14H,9-10,12-13H2. The molecule has 1 fully saturated rings. The lowest BCUT2D eigenvalue weighted by Crippen LogP contribution is -2.61. The van der Waals surface area contributed by atoms with Gasteiger partial charge in [-0.25, -0.2) is 0 Å². The number of rotatable bonds is 2. The monoisotopic (exact) mass is 411 g/mol. The summed E-state index contributed by atoms with van der Waals surface area (Å²) in [5.74, 6) is -0.786. The second-order valence-electron chi connectivity index (χ2n) is 7.41. The highest BCUT2D eigenvalue weighted by atomic mass is 35.5. The van der Waals surface area contributed by atoms with Crippen molar-refractivity contribution in [2.45, 2.75) is 12.1 Å². The fourth-order valence-electron chi connectivity index (χ4n) is 4.59. The van der Waals surface area contributed by atoms with Crippen LogP contribution in [0, 0.1) is 11.1 Å². The lowest BCUT2D eigenvalue weighted by atomic mass is 9.85. The third kappa shape index (κ3) is 2.54. The van der Waals surface area contributed by atoms with Crippen molar-refractivity contribution in [3.63, 3.8) is 0 Å². The van der Waals surface area contributed by atoms with E-state index in [0.717, 1.165) is 10.3 Å². The highest BCUT2D eigenvalue weighted by Crippen LogP contribution is 2.45. The largest absolute Gasteiger partial charge is 0.618 e. The number of carbonyl (C=O) groups excluding carboxylic acids is 2. The van der Waals surface area contributed by atoms with Crippen LogP contribution in [0.5, 0.6) is 0 Å². The number of ether oxygens (including phenoxy) is 1. The van der Waals surface area contributed by atoms with E-state index in [1.54, 1.807) is 40.1 Å². The zero-order valence-electron chi connectivity index (χ0n) is 15.5. The van der Waals surface area contributed by atoms with Gasteiger partial charge in [-0.15, -0.1) is 0 Å². The molecule has 0 aliphatic carbocycles. The van der Waals surface area contributed by atoms with Crippen molar-refractivity contribution < 1.29 is 19.1 Å². The molecule has 2 amide bonds. The lowest BCUT2D eigenvalue weighted by molar-refractivity contribution is -0.615. The first-order valence-corrected chi connectivity index (χ1v) is 9.79. The second kappa shape index (κ2) is 6.49. The summed E-state index contributed by atoms with van der Waals surface area (Å²) in [6, 6.07) is 10.3. The van der Waals surface area contributed by atoms with E-state index in [2.05, 4.69) is 0 Å². The van der Waals surface area contributed by atoms with Crippen molar-refractivity contribution in [2.75, 3.05) is 19.7 Å². The number of amides is 2. The fourth-order valence-corrected chi connectivity index (χ4v) is 4.71. The molecule has 1 aromatic heterocycles. The third-order valence-electron chi connectivity index (χ3n) is 5.96. The highest BCUT2D eigenvalue weighted by Gasteiger charge is 2.58. The number of benzene rings is 1.